The number of nitrogens with zero attached hydrogens (tertiary/aromatic N) is 1. The molecule has 1 amide bonds. The summed E-state index contributed by atoms with van der Waals surface area (Å²) in [5.41, 5.74) is 0.451. The minimum absolute atomic E-state index is 0.0547. The quantitative estimate of drug-likeness (QED) is 0.653. The first kappa shape index (κ1) is 12.3. The number of phenols is 1. The highest BCUT2D eigenvalue weighted by Gasteiger charge is 2.14. The Bertz CT molecular complexity index is 566. The molecule has 6 heteroatoms. The van der Waals surface area contributed by atoms with Crippen LogP contribution in [0.1, 0.15) is 16.2 Å². The third kappa shape index (κ3) is 3.14. The van der Waals surface area contributed by atoms with Gasteiger partial charge in [-0.3, -0.25) is 9.59 Å². The summed E-state index contributed by atoms with van der Waals surface area (Å²) < 4.78 is 0. The van der Waals surface area contributed by atoms with Crippen LogP contribution in [-0.4, -0.2) is 21.8 Å². The summed E-state index contributed by atoms with van der Waals surface area (Å²) in [4.78, 5) is 27.0. The lowest BCUT2D eigenvalue weighted by Crippen LogP contribution is -2.16. The third-order valence-electron chi connectivity index (χ3n) is 2.12. The van der Waals surface area contributed by atoms with Crippen LogP contribution in [0.15, 0.2) is 35.8 Å². The fourth-order valence-electron chi connectivity index (χ4n) is 1.37. The molecule has 2 aromatic rings. The van der Waals surface area contributed by atoms with E-state index in [0.29, 0.717) is 10.7 Å². The highest BCUT2D eigenvalue weighted by atomic mass is 32.1. The molecule has 1 aromatic carbocycles. The van der Waals surface area contributed by atoms with E-state index in [0.717, 1.165) is 0 Å². The Morgan fingerprint density at radius 3 is 2.89 bits per heavy atom. The Morgan fingerprint density at radius 1 is 1.39 bits per heavy atom. The number of aromatic nitrogens is 1. The molecule has 0 aliphatic rings. The highest BCUT2D eigenvalue weighted by Crippen LogP contribution is 2.16. The van der Waals surface area contributed by atoms with Crippen LogP contribution >= 0.6 is 11.3 Å². The van der Waals surface area contributed by atoms with Gasteiger partial charge in [0.1, 0.15) is 5.75 Å². The average molecular weight is 262 g/mol. The van der Waals surface area contributed by atoms with Crippen LogP contribution in [0.3, 0.4) is 0 Å². The van der Waals surface area contributed by atoms with Crippen molar-refractivity contribution in [1.82, 2.24) is 4.98 Å². The van der Waals surface area contributed by atoms with E-state index in [9.17, 15) is 14.7 Å². The summed E-state index contributed by atoms with van der Waals surface area (Å²) in [7, 11) is 0. The van der Waals surface area contributed by atoms with E-state index in [-0.39, 0.29) is 18.0 Å². The first-order chi connectivity index (χ1) is 8.65. The molecule has 0 aliphatic carbocycles. The molecule has 92 valence electrons. The molecule has 0 spiro atoms. The molecule has 0 bridgehead atoms. The number of nitrogens with one attached hydrogen (secondary N) is 1. The predicted molar refractivity (Wildman–Crippen MR) is 67.8 cm³/mol. The van der Waals surface area contributed by atoms with E-state index in [1.807, 2.05) is 0 Å². The zero-order chi connectivity index (χ0) is 13.0. The third-order valence-corrected chi connectivity index (χ3v) is 2.94. The normalized spacial score (nSPS) is 10.0. The molecule has 18 heavy (non-hydrogen) atoms. The number of hydrogen-bond acceptors (Lipinski definition) is 5. The van der Waals surface area contributed by atoms with Crippen molar-refractivity contribution >= 4 is 28.7 Å². The summed E-state index contributed by atoms with van der Waals surface area (Å²) in [6.07, 6.45) is 1.26. The molecule has 5 nitrogen and oxygen atoms in total. The number of anilines is 1. The van der Waals surface area contributed by atoms with Crippen LogP contribution < -0.4 is 5.32 Å². The first-order valence-electron chi connectivity index (χ1n) is 5.17. The van der Waals surface area contributed by atoms with Gasteiger partial charge in [-0.2, -0.15) is 0 Å². The summed E-state index contributed by atoms with van der Waals surface area (Å²) in [5.74, 6) is -0.692. The maximum Gasteiger partial charge on any atom is 0.232 e. The van der Waals surface area contributed by atoms with E-state index in [1.165, 1.54) is 29.7 Å². The molecule has 0 atom stereocenters. The van der Waals surface area contributed by atoms with Gasteiger partial charge in [-0.05, 0) is 12.1 Å². The van der Waals surface area contributed by atoms with Gasteiger partial charge in [0.05, 0.1) is 6.42 Å². The van der Waals surface area contributed by atoms with Crippen LogP contribution in [0.4, 0.5) is 5.69 Å². The number of Topliss-reactive ketones (excluding diaryl/α,β-unsaturated/α-hetero) is 1. The number of ketones is 1. The van der Waals surface area contributed by atoms with E-state index in [1.54, 1.807) is 17.5 Å². The monoisotopic (exact) mass is 262 g/mol. The standard InChI is InChI=1S/C12H10N2O3S/c15-9-3-1-2-8(6-9)14-11(17)7-10(16)12-13-4-5-18-12/h1-6,15H,7H2,(H,14,17). The average Bonchev–Trinajstić information content (AvgIpc) is 2.81. The van der Waals surface area contributed by atoms with Gasteiger partial charge < -0.3 is 10.4 Å². The molecule has 0 fully saturated rings. The van der Waals surface area contributed by atoms with Gasteiger partial charge in [0.25, 0.3) is 0 Å². The lowest BCUT2D eigenvalue weighted by molar-refractivity contribution is -0.115. The molecule has 2 rings (SSSR count). The fraction of sp³-hybridized carbons (Fsp3) is 0.0833. The largest absolute Gasteiger partial charge is 0.508 e. The highest BCUT2D eigenvalue weighted by molar-refractivity contribution is 7.11. The molecule has 1 heterocycles. The van der Waals surface area contributed by atoms with E-state index >= 15 is 0 Å². The Labute approximate surface area is 107 Å². The van der Waals surface area contributed by atoms with Crippen LogP contribution in [0.5, 0.6) is 5.75 Å². The molecule has 1 aromatic heterocycles. The van der Waals surface area contributed by atoms with Gasteiger partial charge in [-0.1, -0.05) is 6.07 Å². The maximum atomic E-state index is 11.6. The van der Waals surface area contributed by atoms with Gasteiger partial charge in [-0.15, -0.1) is 11.3 Å². The lowest BCUT2D eigenvalue weighted by Gasteiger charge is -2.04. The Hall–Kier alpha value is -2.21. The summed E-state index contributed by atoms with van der Waals surface area (Å²) in [6.45, 7) is 0. The molecule has 2 N–H and O–H groups in total. The van der Waals surface area contributed by atoms with Crippen LogP contribution in [0, 0.1) is 0 Å². The van der Waals surface area contributed by atoms with Crippen molar-refractivity contribution in [1.29, 1.82) is 0 Å². The van der Waals surface area contributed by atoms with E-state index in [2.05, 4.69) is 10.3 Å². The second kappa shape index (κ2) is 5.42. The Morgan fingerprint density at radius 2 is 2.22 bits per heavy atom. The lowest BCUT2D eigenvalue weighted by atomic mass is 10.2. The second-order valence-corrected chi connectivity index (χ2v) is 4.43. The summed E-state index contributed by atoms with van der Waals surface area (Å²) in [6, 6.07) is 6.14. The molecule has 0 radical (unpaired) electrons. The zero-order valence-corrected chi connectivity index (χ0v) is 10.1. The van der Waals surface area contributed by atoms with Crippen molar-refractivity contribution in [3.05, 3.63) is 40.8 Å². The maximum absolute atomic E-state index is 11.6. The number of phenolic OH excluding ortho intramolecular Hbond substituents is 1. The van der Waals surface area contributed by atoms with Gasteiger partial charge in [0.2, 0.25) is 11.7 Å². The topological polar surface area (TPSA) is 79.3 Å². The molecular weight excluding hydrogens is 252 g/mol. The number of rotatable bonds is 4. The smallest absolute Gasteiger partial charge is 0.232 e. The number of amides is 1. The number of hydrogen-bond donors (Lipinski definition) is 2. The van der Waals surface area contributed by atoms with E-state index < -0.39 is 5.91 Å². The number of carbonyl (C=O) groups is 2. The van der Waals surface area contributed by atoms with Gasteiger partial charge >= 0.3 is 0 Å². The summed E-state index contributed by atoms with van der Waals surface area (Å²) in [5, 5.41) is 13.8. The predicted octanol–water partition coefficient (Wildman–Crippen LogP) is 2.06. The Kier molecular flexibility index (Phi) is 3.69. The van der Waals surface area contributed by atoms with Crippen LogP contribution in [0.25, 0.3) is 0 Å². The van der Waals surface area contributed by atoms with Gasteiger partial charge in [0, 0.05) is 23.3 Å². The van der Waals surface area contributed by atoms with E-state index in [4.69, 9.17) is 0 Å². The molecule has 0 saturated carbocycles. The fourth-order valence-corrected chi connectivity index (χ4v) is 1.95. The van der Waals surface area contributed by atoms with Gasteiger partial charge in [0.15, 0.2) is 5.01 Å². The van der Waals surface area contributed by atoms with Crippen LogP contribution in [0.2, 0.25) is 0 Å². The number of carbonyl (C=O) groups excluding carboxylic acids is 2. The van der Waals surface area contributed by atoms with Crippen molar-refractivity contribution < 1.29 is 14.7 Å². The molecule has 0 saturated heterocycles. The Balaban J connectivity index is 1.95. The SMILES string of the molecule is O=C(CC(=O)c1nccs1)Nc1cccc(O)c1. The van der Waals surface area contributed by atoms with Crippen molar-refractivity contribution in [3.8, 4) is 5.75 Å². The minimum atomic E-state index is -0.430. The van der Waals surface area contributed by atoms with Crippen molar-refractivity contribution in [3.63, 3.8) is 0 Å². The molecule has 0 unspecified atom stereocenters. The number of aromatic hydroxyl groups is 1. The second-order valence-electron chi connectivity index (χ2n) is 3.54. The van der Waals surface area contributed by atoms with Gasteiger partial charge in [-0.25, -0.2) is 4.98 Å². The van der Waals surface area contributed by atoms with Crippen molar-refractivity contribution in [2.75, 3.05) is 5.32 Å². The zero-order valence-electron chi connectivity index (χ0n) is 9.29. The van der Waals surface area contributed by atoms with Crippen molar-refractivity contribution in [2.24, 2.45) is 0 Å². The van der Waals surface area contributed by atoms with Crippen molar-refractivity contribution in [2.45, 2.75) is 6.42 Å². The molecular formula is C12H10N2O3S. The minimum Gasteiger partial charge on any atom is -0.508 e. The number of benzene rings is 1. The first-order valence-corrected chi connectivity index (χ1v) is 6.04. The summed E-state index contributed by atoms with van der Waals surface area (Å²) >= 11 is 1.20. The molecule has 0 aliphatic heterocycles. The van der Waals surface area contributed by atoms with Crippen LogP contribution in [-0.2, 0) is 4.79 Å². The number of thiazole rings is 1.